The van der Waals surface area contributed by atoms with Crippen LogP contribution in [0.3, 0.4) is 0 Å². The van der Waals surface area contributed by atoms with Crippen LogP contribution >= 0.6 is 0 Å². The van der Waals surface area contributed by atoms with E-state index in [1.54, 1.807) is 18.2 Å². The Kier molecular flexibility index (Phi) is 4.01. The van der Waals surface area contributed by atoms with Gasteiger partial charge in [-0.15, -0.1) is 4.40 Å². The van der Waals surface area contributed by atoms with Crippen LogP contribution in [-0.4, -0.2) is 55.8 Å². The molecule has 144 valence electrons. The first-order valence-corrected chi connectivity index (χ1v) is 11.2. The number of hydrogen-bond acceptors (Lipinski definition) is 5. The fourth-order valence-corrected chi connectivity index (χ4v) is 6.28. The van der Waals surface area contributed by atoms with Crippen molar-refractivity contribution in [2.75, 3.05) is 6.54 Å². The molecule has 0 aliphatic carbocycles. The zero-order valence-corrected chi connectivity index (χ0v) is 15.9. The van der Waals surface area contributed by atoms with Crippen molar-refractivity contribution in [3.05, 3.63) is 29.8 Å². The Morgan fingerprint density at radius 3 is 2.67 bits per heavy atom. The summed E-state index contributed by atoms with van der Waals surface area (Å²) in [6, 6.07) is 7.76. The average Bonchev–Trinajstić information content (AvgIpc) is 3.32. The van der Waals surface area contributed by atoms with E-state index >= 15 is 0 Å². The minimum Gasteiger partial charge on any atom is -0.351 e. The highest BCUT2D eigenvalue weighted by molar-refractivity contribution is 7.90. The van der Waals surface area contributed by atoms with Crippen molar-refractivity contribution < 1.29 is 13.2 Å². The molecular formula is C19H24N4O3S. The van der Waals surface area contributed by atoms with Gasteiger partial charge in [0.2, 0.25) is 5.91 Å². The predicted octanol–water partition coefficient (Wildman–Crippen LogP) is 0.999. The Morgan fingerprint density at radius 1 is 1.15 bits per heavy atom. The monoisotopic (exact) mass is 388 g/mol. The highest BCUT2D eigenvalue weighted by atomic mass is 32.2. The van der Waals surface area contributed by atoms with E-state index in [9.17, 15) is 13.2 Å². The summed E-state index contributed by atoms with van der Waals surface area (Å²) < 4.78 is 28.8. The van der Waals surface area contributed by atoms with E-state index in [4.69, 9.17) is 0 Å². The number of nitrogens with zero attached hydrogens (tertiary/aromatic N) is 2. The van der Waals surface area contributed by atoms with E-state index in [1.807, 2.05) is 11.0 Å². The van der Waals surface area contributed by atoms with E-state index in [-0.39, 0.29) is 22.9 Å². The second-order valence-corrected chi connectivity index (χ2v) is 9.62. The fraction of sp³-hybridized carbons (Fsp3) is 0.579. The van der Waals surface area contributed by atoms with Crippen LogP contribution in [0.15, 0.2) is 33.6 Å². The number of piperidine rings is 1. The summed E-state index contributed by atoms with van der Waals surface area (Å²) in [6.45, 7) is 0.651. The molecule has 3 atom stereocenters. The number of amidine groups is 1. The van der Waals surface area contributed by atoms with Crippen LogP contribution in [0.4, 0.5) is 0 Å². The number of carbonyl (C=O) groups excluding carboxylic acids is 1. The van der Waals surface area contributed by atoms with Gasteiger partial charge >= 0.3 is 0 Å². The Morgan fingerprint density at radius 2 is 1.89 bits per heavy atom. The quantitative estimate of drug-likeness (QED) is 0.789. The predicted molar refractivity (Wildman–Crippen MR) is 101 cm³/mol. The number of likely N-dealkylation sites (tertiary alicyclic amines) is 1. The summed E-state index contributed by atoms with van der Waals surface area (Å²) in [4.78, 5) is 15.1. The van der Waals surface area contributed by atoms with Crippen LogP contribution in [0.25, 0.3) is 0 Å². The number of nitrogens with one attached hydrogen (secondary N) is 2. The van der Waals surface area contributed by atoms with Crippen molar-refractivity contribution in [1.82, 2.24) is 15.5 Å². The Labute approximate surface area is 159 Å². The number of hydrogen-bond donors (Lipinski definition) is 2. The number of amides is 1. The molecular weight excluding hydrogens is 364 g/mol. The molecule has 0 radical (unpaired) electrons. The van der Waals surface area contributed by atoms with E-state index in [1.165, 1.54) is 12.8 Å². The van der Waals surface area contributed by atoms with E-state index in [2.05, 4.69) is 15.0 Å². The third-order valence-electron chi connectivity index (χ3n) is 6.26. The van der Waals surface area contributed by atoms with Gasteiger partial charge in [-0.25, -0.2) is 0 Å². The van der Waals surface area contributed by atoms with Gasteiger partial charge in [0, 0.05) is 30.2 Å². The van der Waals surface area contributed by atoms with Crippen molar-refractivity contribution in [2.24, 2.45) is 4.40 Å². The van der Waals surface area contributed by atoms with Gasteiger partial charge in [-0.3, -0.25) is 4.79 Å². The van der Waals surface area contributed by atoms with Crippen molar-refractivity contribution in [2.45, 2.75) is 67.6 Å². The van der Waals surface area contributed by atoms with Crippen LogP contribution < -0.4 is 10.6 Å². The van der Waals surface area contributed by atoms with Crippen LogP contribution in [0.2, 0.25) is 0 Å². The number of sulfonamides is 1. The minimum atomic E-state index is -3.67. The number of carbonyl (C=O) groups is 1. The lowest BCUT2D eigenvalue weighted by molar-refractivity contribution is -0.125. The molecule has 4 aliphatic heterocycles. The van der Waals surface area contributed by atoms with Crippen molar-refractivity contribution in [3.63, 3.8) is 0 Å². The van der Waals surface area contributed by atoms with Gasteiger partial charge < -0.3 is 15.5 Å². The molecule has 7 nitrogen and oxygen atoms in total. The minimum absolute atomic E-state index is 0.00304. The highest BCUT2D eigenvalue weighted by Gasteiger charge is 2.41. The summed E-state index contributed by atoms with van der Waals surface area (Å²) in [7, 11) is -3.67. The van der Waals surface area contributed by atoms with Crippen LogP contribution in [0.1, 0.15) is 44.1 Å². The zero-order chi connectivity index (χ0) is 18.6. The van der Waals surface area contributed by atoms with Gasteiger partial charge in [0.1, 0.15) is 10.9 Å². The molecule has 0 aromatic heterocycles. The van der Waals surface area contributed by atoms with Crippen molar-refractivity contribution in [1.29, 1.82) is 0 Å². The van der Waals surface area contributed by atoms with Crippen molar-refractivity contribution in [3.8, 4) is 0 Å². The first kappa shape index (κ1) is 17.2. The SMILES string of the molecule is O=C(NC1CC2CCC(C1)N2)C1CCCN1C1=NS(=O)(=O)c2ccccc21. The second kappa shape index (κ2) is 6.31. The van der Waals surface area contributed by atoms with E-state index in [0.29, 0.717) is 30.0 Å². The number of fused-ring (bicyclic) bond motifs is 3. The van der Waals surface area contributed by atoms with Crippen LogP contribution in [-0.2, 0) is 14.8 Å². The molecule has 0 spiro atoms. The third-order valence-corrected chi connectivity index (χ3v) is 7.58. The molecule has 0 saturated carbocycles. The van der Waals surface area contributed by atoms with Gasteiger partial charge in [0.15, 0.2) is 5.84 Å². The molecule has 3 fully saturated rings. The Bertz CT molecular complexity index is 901. The molecule has 1 amide bonds. The molecule has 2 N–H and O–H groups in total. The van der Waals surface area contributed by atoms with Gasteiger partial charge in [-0.1, -0.05) is 12.1 Å². The first-order valence-electron chi connectivity index (χ1n) is 9.79. The lowest BCUT2D eigenvalue weighted by Gasteiger charge is -2.32. The van der Waals surface area contributed by atoms with Gasteiger partial charge in [-0.05, 0) is 50.7 Å². The molecule has 4 heterocycles. The topological polar surface area (TPSA) is 90.9 Å². The van der Waals surface area contributed by atoms with Gasteiger partial charge in [0.25, 0.3) is 10.0 Å². The van der Waals surface area contributed by atoms with Gasteiger partial charge in [0.05, 0.1) is 0 Å². The maximum atomic E-state index is 13.0. The molecule has 3 saturated heterocycles. The highest BCUT2D eigenvalue weighted by Crippen LogP contribution is 2.32. The second-order valence-electron chi connectivity index (χ2n) is 8.05. The molecule has 1 aromatic carbocycles. The van der Waals surface area contributed by atoms with E-state index < -0.39 is 10.0 Å². The standard InChI is InChI=1S/C19H24N4O3S/c24-19(21-14-10-12-7-8-13(11-14)20-12)16-5-3-9-23(16)18-15-4-1-2-6-17(15)27(25,26)22-18/h1-2,4,6,12-14,16,20H,3,5,7-11H2,(H,21,24). The lowest BCUT2D eigenvalue weighted by Crippen LogP contribution is -2.53. The molecule has 2 bridgehead atoms. The maximum Gasteiger partial charge on any atom is 0.285 e. The Hall–Kier alpha value is -1.93. The smallest absolute Gasteiger partial charge is 0.285 e. The summed E-state index contributed by atoms with van der Waals surface area (Å²) in [5.74, 6) is 0.428. The molecule has 5 rings (SSSR count). The van der Waals surface area contributed by atoms with Crippen molar-refractivity contribution >= 4 is 21.8 Å². The summed E-state index contributed by atoms with van der Waals surface area (Å²) >= 11 is 0. The van der Waals surface area contributed by atoms with Crippen LogP contribution in [0, 0.1) is 0 Å². The summed E-state index contributed by atoms with van der Waals surface area (Å²) in [5.41, 5.74) is 0.608. The average molecular weight is 388 g/mol. The molecule has 1 aromatic rings. The largest absolute Gasteiger partial charge is 0.351 e. The third kappa shape index (κ3) is 2.95. The zero-order valence-electron chi connectivity index (χ0n) is 15.1. The summed E-state index contributed by atoms with van der Waals surface area (Å²) in [6.07, 6.45) is 5.93. The van der Waals surface area contributed by atoms with Crippen LogP contribution in [0.5, 0.6) is 0 Å². The molecule has 27 heavy (non-hydrogen) atoms. The van der Waals surface area contributed by atoms with Gasteiger partial charge in [-0.2, -0.15) is 8.42 Å². The molecule has 8 heteroatoms. The Balaban J connectivity index is 1.36. The lowest BCUT2D eigenvalue weighted by atomic mass is 9.99. The normalized spacial score (nSPS) is 33.6. The number of benzene rings is 1. The molecule has 3 unspecified atom stereocenters. The van der Waals surface area contributed by atoms with E-state index in [0.717, 1.165) is 25.7 Å². The fourth-order valence-electron chi connectivity index (χ4n) is 5.06. The molecule has 4 aliphatic rings. The maximum absolute atomic E-state index is 13.0. The summed E-state index contributed by atoms with van der Waals surface area (Å²) in [5, 5.41) is 6.82. The first-order chi connectivity index (χ1) is 13.0. The number of rotatable bonds is 2.